The second kappa shape index (κ2) is 9.32. The fraction of sp³-hybridized carbons (Fsp3) is 0.562. The van der Waals surface area contributed by atoms with Crippen LogP contribution in [-0.2, 0) is 4.79 Å². The Kier molecular flexibility index (Phi) is 8.09. The molecule has 2 rings (SSSR count). The molecule has 136 valence electrons. The van der Waals surface area contributed by atoms with E-state index in [0.717, 1.165) is 0 Å². The molecule has 0 saturated heterocycles. The van der Waals surface area contributed by atoms with Crippen LogP contribution in [0.4, 0.5) is 0 Å². The first-order chi connectivity index (χ1) is 10.9. The van der Waals surface area contributed by atoms with Crippen LogP contribution in [0.15, 0.2) is 12.1 Å². The molecule has 0 fully saturated rings. The van der Waals surface area contributed by atoms with Crippen molar-refractivity contribution in [2.45, 2.75) is 32.4 Å². The number of nitrogens with one attached hydrogen (secondary N) is 1. The van der Waals surface area contributed by atoms with E-state index >= 15 is 0 Å². The van der Waals surface area contributed by atoms with Gasteiger partial charge < -0.3 is 25.6 Å². The van der Waals surface area contributed by atoms with Gasteiger partial charge in [0, 0.05) is 6.54 Å². The molecule has 0 saturated carbocycles. The van der Waals surface area contributed by atoms with Gasteiger partial charge in [0.05, 0.1) is 17.2 Å². The second-order valence-electron chi connectivity index (χ2n) is 6.02. The van der Waals surface area contributed by atoms with E-state index in [1.807, 2.05) is 13.8 Å². The number of aliphatic hydroxyl groups excluding tert-OH is 1. The van der Waals surface area contributed by atoms with Crippen molar-refractivity contribution in [2.24, 2.45) is 11.7 Å². The molecule has 0 aromatic heterocycles. The van der Waals surface area contributed by atoms with Crippen molar-refractivity contribution in [3.05, 3.63) is 22.7 Å². The summed E-state index contributed by atoms with van der Waals surface area (Å²) in [7, 11) is 0. The zero-order valence-electron chi connectivity index (χ0n) is 13.8. The molecule has 1 amide bonds. The van der Waals surface area contributed by atoms with Crippen LogP contribution < -0.4 is 20.5 Å². The van der Waals surface area contributed by atoms with E-state index < -0.39 is 12.1 Å². The van der Waals surface area contributed by atoms with Crippen LogP contribution in [0.5, 0.6) is 11.5 Å². The normalized spacial score (nSPS) is 15.4. The second-order valence-corrected chi connectivity index (χ2v) is 6.43. The van der Waals surface area contributed by atoms with Gasteiger partial charge in [-0.2, -0.15) is 0 Å². The maximum Gasteiger partial charge on any atom is 0.237 e. The number of carbonyl (C=O) groups excluding carboxylic acids is 1. The van der Waals surface area contributed by atoms with Crippen LogP contribution in [0.3, 0.4) is 0 Å². The molecule has 1 heterocycles. The Balaban J connectivity index is 0.00000288. The van der Waals surface area contributed by atoms with Crippen molar-refractivity contribution in [1.82, 2.24) is 5.32 Å². The van der Waals surface area contributed by atoms with Crippen LogP contribution in [0.2, 0.25) is 5.02 Å². The fourth-order valence-corrected chi connectivity index (χ4v) is 2.66. The third-order valence-corrected chi connectivity index (χ3v) is 3.82. The van der Waals surface area contributed by atoms with Gasteiger partial charge in [-0.05, 0) is 30.0 Å². The Morgan fingerprint density at radius 1 is 1.38 bits per heavy atom. The fourth-order valence-electron chi connectivity index (χ4n) is 2.38. The van der Waals surface area contributed by atoms with Crippen molar-refractivity contribution in [2.75, 3.05) is 19.8 Å². The molecule has 4 N–H and O–H groups in total. The number of amides is 1. The Hall–Kier alpha value is -1.21. The lowest BCUT2D eigenvalue weighted by atomic mass is 10.0. The number of carbonyl (C=O) groups is 1. The first kappa shape index (κ1) is 20.8. The molecule has 0 spiro atoms. The van der Waals surface area contributed by atoms with Crippen LogP contribution in [0.1, 0.15) is 31.9 Å². The molecule has 8 heteroatoms. The molecule has 24 heavy (non-hydrogen) atoms. The van der Waals surface area contributed by atoms with E-state index in [1.54, 1.807) is 12.1 Å². The van der Waals surface area contributed by atoms with Gasteiger partial charge in [0.1, 0.15) is 13.2 Å². The highest BCUT2D eigenvalue weighted by atomic mass is 35.5. The average Bonchev–Trinajstić information content (AvgIpc) is 2.51. The van der Waals surface area contributed by atoms with Crippen molar-refractivity contribution < 1.29 is 19.4 Å². The maximum atomic E-state index is 11.9. The third kappa shape index (κ3) is 5.41. The monoisotopic (exact) mass is 378 g/mol. The molecule has 1 aromatic rings. The molecule has 1 aromatic carbocycles. The molecule has 6 nitrogen and oxygen atoms in total. The summed E-state index contributed by atoms with van der Waals surface area (Å²) in [6.07, 6.45) is -0.309. The minimum absolute atomic E-state index is 0. The Morgan fingerprint density at radius 2 is 2.04 bits per heavy atom. The van der Waals surface area contributed by atoms with Gasteiger partial charge in [-0.3, -0.25) is 4.79 Å². The average molecular weight is 379 g/mol. The third-order valence-electron chi connectivity index (χ3n) is 3.54. The van der Waals surface area contributed by atoms with Crippen LogP contribution in [-0.4, -0.2) is 36.8 Å². The van der Waals surface area contributed by atoms with Gasteiger partial charge >= 0.3 is 0 Å². The van der Waals surface area contributed by atoms with E-state index in [9.17, 15) is 9.90 Å². The highest BCUT2D eigenvalue weighted by Crippen LogP contribution is 2.39. The highest BCUT2D eigenvalue weighted by molar-refractivity contribution is 6.32. The predicted molar refractivity (Wildman–Crippen MR) is 95.1 cm³/mol. The summed E-state index contributed by atoms with van der Waals surface area (Å²) in [5.41, 5.74) is 6.36. The first-order valence-corrected chi connectivity index (χ1v) is 8.06. The number of hydrogen-bond acceptors (Lipinski definition) is 5. The number of halogens is 2. The van der Waals surface area contributed by atoms with Gasteiger partial charge in [0.15, 0.2) is 11.5 Å². The van der Waals surface area contributed by atoms with Crippen molar-refractivity contribution in [3.8, 4) is 11.5 Å². The number of fused-ring (bicyclic) bond motifs is 1. The molecular weight excluding hydrogens is 355 g/mol. The van der Waals surface area contributed by atoms with Gasteiger partial charge in [-0.15, -0.1) is 12.4 Å². The Bertz CT molecular complexity index is 569. The molecule has 2 atom stereocenters. The van der Waals surface area contributed by atoms with Crippen LogP contribution in [0.25, 0.3) is 0 Å². The van der Waals surface area contributed by atoms with Gasteiger partial charge in [0.25, 0.3) is 0 Å². The summed E-state index contributed by atoms with van der Waals surface area (Å²) in [5, 5.41) is 13.3. The number of aliphatic hydroxyl groups is 1. The summed E-state index contributed by atoms with van der Waals surface area (Å²) >= 11 is 6.14. The summed E-state index contributed by atoms with van der Waals surface area (Å²) in [5.74, 6) is 1.04. The Labute approximate surface area is 153 Å². The first-order valence-electron chi connectivity index (χ1n) is 7.69. The van der Waals surface area contributed by atoms with E-state index in [-0.39, 0.29) is 24.9 Å². The van der Waals surface area contributed by atoms with Gasteiger partial charge in [-0.25, -0.2) is 0 Å². The van der Waals surface area contributed by atoms with E-state index in [4.69, 9.17) is 26.8 Å². The summed E-state index contributed by atoms with van der Waals surface area (Å²) in [6.45, 7) is 4.93. The number of nitrogens with two attached hydrogens (primary N) is 1. The number of rotatable bonds is 6. The zero-order chi connectivity index (χ0) is 17.0. The predicted octanol–water partition coefficient (Wildman–Crippen LogP) is 2.06. The van der Waals surface area contributed by atoms with E-state index in [2.05, 4.69) is 5.32 Å². The number of hydrogen-bond donors (Lipinski definition) is 3. The molecule has 1 unspecified atom stereocenters. The summed E-state index contributed by atoms with van der Waals surface area (Å²) < 4.78 is 10.9. The standard InChI is InChI=1S/C16H23ClN2O4.ClH/c1-9(2)5-12(18)16(21)19-8-13(20)10-6-11(17)15-14(7-10)22-3-4-23-15;/h6-7,9,12-13,20H,3-5,8,18H2,1-2H3,(H,19,21);1H/t12-,13?;/m0./s1. The van der Waals surface area contributed by atoms with E-state index in [1.165, 1.54) is 0 Å². The zero-order valence-corrected chi connectivity index (χ0v) is 15.3. The SMILES string of the molecule is CC(C)C[C@H](N)C(=O)NCC(O)c1cc(Cl)c2c(c1)OCCO2.Cl. The molecule has 1 aliphatic heterocycles. The molecule has 0 bridgehead atoms. The van der Waals surface area contributed by atoms with Crippen molar-refractivity contribution >= 4 is 29.9 Å². The lowest BCUT2D eigenvalue weighted by Gasteiger charge is -2.22. The number of benzene rings is 1. The summed E-state index contributed by atoms with van der Waals surface area (Å²) in [6, 6.07) is 2.71. The lowest BCUT2D eigenvalue weighted by Crippen LogP contribution is -2.42. The minimum Gasteiger partial charge on any atom is -0.486 e. The lowest BCUT2D eigenvalue weighted by molar-refractivity contribution is -0.123. The molecule has 0 aliphatic carbocycles. The summed E-state index contributed by atoms with van der Waals surface area (Å²) in [4.78, 5) is 11.9. The van der Waals surface area contributed by atoms with Crippen molar-refractivity contribution in [1.29, 1.82) is 0 Å². The number of ether oxygens (including phenoxy) is 2. The highest BCUT2D eigenvalue weighted by Gasteiger charge is 2.21. The Morgan fingerprint density at radius 3 is 2.71 bits per heavy atom. The van der Waals surface area contributed by atoms with Gasteiger partial charge in [0.2, 0.25) is 5.91 Å². The molecular formula is C16H24Cl2N2O4. The largest absolute Gasteiger partial charge is 0.486 e. The molecule has 0 radical (unpaired) electrons. The smallest absolute Gasteiger partial charge is 0.237 e. The van der Waals surface area contributed by atoms with Gasteiger partial charge in [-0.1, -0.05) is 25.4 Å². The maximum absolute atomic E-state index is 11.9. The minimum atomic E-state index is -0.904. The molecule has 1 aliphatic rings. The van der Waals surface area contributed by atoms with Crippen LogP contribution >= 0.6 is 24.0 Å². The van der Waals surface area contributed by atoms with Crippen LogP contribution in [0, 0.1) is 5.92 Å². The quantitative estimate of drug-likeness (QED) is 0.704. The van der Waals surface area contributed by atoms with E-state index in [0.29, 0.717) is 47.6 Å². The van der Waals surface area contributed by atoms with Crippen molar-refractivity contribution in [3.63, 3.8) is 0 Å². The topological polar surface area (TPSA) is 93.8 Å².